The molecule has 0 aliphatic heterocycles. The molecule has 1 nitrogen and oxygen atoms in total. The highest BCUT2D eigenvalue weighted by atomic mass is 32.1. The molecule has 112 valence electrons. The number of hydrogen-bond acceptors (Lipinski definition) is 2. The lowest BCUT2D eigenvalue weighted by atomic mass is 9.80. The molecular weight excluding hydrogens is 250 g/mol. The van der Waals surface area contributed by atoms with E-state index in [1.807, 2.05) is 0 Å². The van der Waals surface area contributed by atoms with Gasteiger partial charge in [0.15, 0.2) is 0 Å². The van der Waals surface area contributed by atoms with Crippen LogP contribution in [-0.2, 0) is 0 Å². The Bertz CT molecular complexity index is 258. The van der Waals surface area contributed by atoms with Crippen LogP contribution in [0.15, 0.2) is 0 Å². The second-order valence-electron chi connectivity index (χ2n) is 7.41. The van der Waals surface area contributed by atoms with Crippen molar-refractivity contribution in [2.45, 2.75) is 77.2 Å². The van der Waals surface area contributed by atoms with Crippen molar-refractivity contribution in [2.24, 2.45) is 11.3 Å². The van der Waals surface area contributed by atoms with E-state index in [4.69, 9.17) is 12.6 Å². The second kappa shape index (κ2) is 7.36. The molecule has 2 heteroatoms. The Morgan fingerprint density at radius 1 is 1.05 bits per heavy atom. The van der Waals surface area contributed by atoms with Crippen LogP contribution in [0.25, 0.3) is 0 Å². The SMILES string of the molecule is CC1CCCC(N(C)CC2(CS)CCCCCC2)C1. The number of thiol groups is 1. The maximum absolute atomic E-state index is 4.73. The van der Waals surface area contributed by atoms with E-state index in [0.29, 0.717) is 5.41 Å². The smallest absolute Gasteiger partial charge is 0.00949 e. The second-order valence-corrected chi connectivity index (χ2v) is 7.73. The van der Waals surface area contributed by atoms with E-state index in [9.17, 15) is 0 Å². The van der Waals surface area contributed by atoms with Crippen LogP contribution in [0.3, 0.4) is 0 Å². The fraction of sp³-hybridized carbons (Fsp3) is 1.00. The van der Waals surface area contributed by atoms with Crippen molar-refractivity contribution in [3.05, 3.63) is 0 Å². The molecule has 2 fully saturated rings. The predicted octanol–water partition coefficient (Wildman–Crippen LogP) is 4.77. The van der Waals surface area contributed by atoms with Crippen molar-refractivity contribution in [3.63, 3.8) is 0 Å². The van der Waals surface area contributed by atoms with E-state index in [0.717, 1.165) is 17.7 Å². The number of rotatable bonds is 4. The standard InChI is InChI=1S/C17H33NS/c1-15-8-7-9-16(12-15)18(2)13-17(14-19)10-5-3-4-6-11-17/h15-16,19H,3-14H2,1-2H3. The van der Waals surface area contributed by atoms with Gasteiger partial charge in [0.05, 0.1) is 0 Å². The van der Waals surface area contributed by atoms with Crippen LogP contribution in [0.1, 0.15) is 71.1 Å². The summed E-state index contributed by atoms with van der Waals surface area (Å²) in [5, 5.41) is 0. The van der Waals surface area contributed by atoms with Gasteiger partial charge in [0.25, 0.3) is 0 Å². The molecule has 2 rings (SSSR count). The molecule has 2 atom stereocenters. The molecule has 0 heterocycles. The first-order chi connectivity index (χ1) is 9.15. The van der Waals surface area contributed by atoms with Gasteiger partial charge in [0.2, 0.25) is 0 Å². The summed E-state index contributed by atoms with van der Waals surface area (Å²) in [5.41, 5.74) is 0.509. The van der Waals surface area contributed by atoms with E-state index >= 15 is 0 Å². The third-order valence-electron chi connectivity index (χ3n) is 5.62. The van der Waals surface area contributed by atoms with Crippen LogP contribution in [-0.4, -0.2) is 30.3 Å². The van der Waals surface area contributed by atoms with Gasteiger partial charge in [-0.15, -0.1) is 0 Å². The molecule has 0 bridgehead atoms. The van der Waals surface area contributed by atoms with E-state index < -0.39 is 0 Å². The van der Waals surface area contributed by atoms with Gasteiger partial charge in [0.1, 0.15) is 0 Å². The minimum atomic E-state index is 0.509. The number of nitrogens with zero attached hydrogens (tertiary/aromatic N) is 1. The van der Waals surface area contributed by atoms with Crippen molar-refractivity contribution < 1.29 is 0 Å². The average Bonchev–Trinajstić information content (AvgIpc) is 2.65. The molecule has 19 heavy (non-hydrogen) atoms. The van der Waals surface area contributed by atoms with Gasteiger partial charge in [-0.2, -0.15) is 12.6 Å². The van der Waals surface area contributed by atoms with Crippen LogP contribution >= 0.6 is 12.6 Å². The van der Waals surface area contributed by atoms with Gasteiger partial charge in [0, 0.05) is 12.6 Å². The minimum absolute atomic E-state index is 0.509. The van der Waals surface area contributed by atoms with Gasteiger partial charge in [-0.1, -0.05) is 45.4 Å². The van der Waals surface area contributed by atoms with E-state index in [1.165, 1.54) is 70.8 Å². The van der Waals surface area contributed by atoms with Crippen LogP contribution < -0.4 is 0 Å². The van der Waals surface area contributed by atoms with E-state index in [1.54, 1.807) is 0 Å². The summed E-state index contributed by atoms with van der Waals surface area (Å²) in [4.78, 5) is 2.69. The van der Waals surface area contributed by atoms with Gasteiger partial charge < -0.3 is 4.90 Å². The van der Waals surface area contributed by atoms with Crippen molar-refractivity contribution in [1.82, 2.24) is 4.90 Å². The Labute approximate surface area is 125 Å². The third-order valence-corrected chi connectivity index (χ3v) is 6.29. The minimum Gasteiger partial charge on any atom is -0.303 e. The molecule has 0 aromatic carbocycles. The summed E-state index contributed by atoms with van der Waals surface area (Å²) in [6, 6.07) is 0.837. The first-order valence-corrected chi connectivity index (χ1v) is 9.09. The Hall–Kier alpha value is 0.310. The zero-order valence-electron chi connectivity index (χ0n) is 13.0. The highest BCUT2D eigenvalue weighted by molar-refractivity contribution is 7.80. The largest absolute Gasteiger partial charge is 0.303 e. The Morgan fingerprint density at radius 2 is 1.74 bits per heavy atom. The summed E-state index contributed by atoms with van der Waals surface area (Å²) in [5.74, 6) is 2.02. The molecular formula is C17H33NS. The van der Waals surface area contributed by atoms with Gasteiger partial charge in [-0.3, -0.25) is 0 Å². The summed E-state index contributed by atoms with van der Waals surface area (Å²) >= 11 is 4.73. The van der Waals surface area contributed by atoms with Crippen molar-refractivity contribution >= 4 is 12.6 Å². The monoisotopic (exact) mass is 283 g/mol. The van der Waals surface area contributed by atoms with Crippen molar-refractivity contribution in [2.75, 3.05) is 19.3 Å². The zero-order chi connectivity index (χ0) is 13.7. The van der Waals surface area contributed by atoms with Crippen LogP contribution in [0, 0.1) is 11.3 Å². The molecule has 2 aliphatic rings. The highest BCUT2D eigenvalue weighted by Gasteiger charge is 2.33. The quantitative estimate of drug-likeness (QED) is 0.575. The average molecular weight is 284 g/mol. The lowest BCUT2D eigenvalue weighted by Gasteiger charge is -2.41. The van der Waals surface area contributed by atoms with E-state index in [2.05, 4.69) is 18.9 Å². The molecule has 2 unspecified atom stereocenters. The molecule has 0 N–H and O–H groups in total. The Balaban J connectivity index is 1.92. The third kappa shape index (κ3) is 4.39. The summed E-state index contributed by atoms with van der Waals surface area (Å²) in [7, 11) is 2.37. The molecule has 0 saturated heterocycles. The van der Waals surface area contributed by atoms with Crippen LogP contribution in [0.4, 0.5) is 0 Å². The Kier molecular flexibility index (Phi) is 6.08. The summed E-state index contributed by atoms with van der Waals surface area (Å²) in [6.45, 7) is 3.72. The maximum atomic E-state index is 4.73. The lowest BCUT2D eigenvalue weighted by Crippen LogP contribution is -2.43. The van der Waals surface area contributed by atoms with Gasteiger partial charge in [-0.25, -0.2) is 0 Å². The molecule has 0 spiro atoms. The fourth-order valence-corrected chi connectivity index (χ4v) is 4.72. The zero-order valence-corrected chi connectivity index (χ0v) is 13.9. The molecule has 2 aliphatic carbocycles. The molecule has 0 aromatic rings. The normalized spacial score (nSPS) is 32.2. The first kappa shape index (κ1) is 15.7. The molecule has 0 aromatic heterocycles. The first-order valence-electron chi connectivity index (χ1n) is 8.46. The van der Waals surface area contributed by atoms with Crippen molar-refractivity contribution in [3.8, 4) is 0 Å². The molecule has 0 amide bonds. The molecule has 2 saturated carbocycles. The van der Waals surface area contributed by atoms with Crippen LogP contribution in [0.2, 0.25) is 0 Å². The van der Waals surface area contributed by atoms with Crippen LogP contribution in [0.5, 0.6) is 0 Å². The fourth-order valence-electron chi connectivity index (χ4n) is 4.31. The highest BCUT2D eigenvalue weighted by Crippen LogP contribution is 2.38. The van der Waals surface area contributed by atoms with Gasteiger partial charge in [-0.05, 0) is 49.8 Å². The topological polar surface area (TPSA) is 3.24 Å². The predicted molar refractivity (Wildman–Crippen MR) is 88.0 cm³/mol. The van der Waals surface area contributed by atoms with E-state index in [-0.39, 0.29) is 0 Å². The molecule has 0 radical (unpaired) electrons. The Morgan fingerprint density at radius 3 is 2.32 bits per heavy atom. The summed E-state index contributed by atoms with van der Waals surface area (Å²) in [6.07, 6.45) is 14.3. The summed E-state index contributed by atoms with van der Waals surface area (Å²) < 4.78 is 0. The maximum Gasteiger partial charge on any atom is 0.00949 e. The van der Waals surface area contributed by atoms with Gasteiger partial charge >= 0.3 is 0 Å². The lowest BCUT2D eigenvalue weighted by molar-refractivity contribution is 0.102. The van der Waals surface area contributed by atoms with Crippen molar-refractivity contribution in [1.29, 1.82) is 0 Å². The number of hydrogen-bond donors (Lipinski definition) is 1.